The molecule has 0 atom stereocenters. The molecule has 5 heteroatoms. The van der Waals surface area contributed by atoms with Gasteiger partial charge in [-0.3, -0.25) is 4.79 Å². The second-order valence-electron chi connectivity index (χ2n) is 3.17. The number of aromatic nitrogens is 1. The van der Waals surface area contributed by atoms with Crippen LogP contribution in [-0.2, 0) is 6.54 Å². The summed E-state index contributed by atoms with van der Waals surface area (Å²) in [7, 11) is 0. The summed E-state index contributed by atoms with van der Waals surface area (Å²) in [6.45, 7) is 1.72. The smallest absolute Gasteiger partial charge is 0.209 e. The summed E-state index contributed by atoms with van der Waals surface area (Å²) < 4.78 is 6.19. The van der Waals surface area contributed by atoms with Crippen molar-refractivity contribution in [1.82, 2.24) is 4.98 Å². The zero-order valence-electron chi connectivity index (χ0n) is 8.08. The van der Waals surface area contributed by atoms with Crippen molar-refractivity contribution in [3.05, 3.63) is 28.1 Å². The highest BCUT2D eigenvalue weighted by Crippen LogP contribution is 2.25. The fourth-order valence-corrected chi connectivity index (χ4v) is 1.84. The van der Waals surface area contributed by atoms with Gasteiger partial charge in [-0.2, -0.15) is 0 Å². The highest BCUT2D eigenvalue weighted by molar-refractivity contribution is 9.10. The number of nitrogens with two attached hydrogens (primary N) is 1. The molecule has 0 aliphatic carbocycles. The first-order valence-electron chi connectivity index (χ1n) is 4.42. The van der Waals surface area contributed by atoms with Gasteiger partial charge in [0, 0.05) is 4.47 Å². The molecule has 0 radical (unpaired) electrons. The molecule has 0 saturated carbocycles. The van der Waals surface area contributed by atoms with E-state index in [1.807, 2.05) is 0 Å². The number of halogens is 1. The van der Waals surface area contributed by atoms with Gasteiger partial charge in [0.15, 0.2) is 11.4 Å². The van der Waals surface area contributed by atoms with E-state index in [9.17, 15) is 4.79 Å². The topological polar surface area (TPSA) is 69.1 Å². The highest BCUT2D eigenvalue weighted by Gasteiger charge is 2.13. The van der Waals surface area contributed by atoms with E-state index in [2.05, 4.69) is 20.9 Å². The summed E-state index contributed by atoms with van der Waals surface area (Å²) in [4.78, 5) is 15.5. The third-order valence-corrected chi connectivity index (χ3v) is 2.51. The van der Waals surface area contributed by atoms with Crippen molar-refractivity contribution in [1.29, 1.82) is 0 Å². The molecule has 2 aromatic rings. The predicted molar refractivity (Wildman–Crippen MR) is 59.6 cm³/mol. The van der Waals surface area contributed by atoms with Gasteiger partial charge in [-0.1, -0.05) is 15.9 Å². The molecule has 2 rings (SSSR count). The van der Waals surface area contributed by atoms with Crippen LogP contribution in [0.3, 0.4) is 0 Å². The third-order valence-electron chi connectivity index (χ3n) is 2.05. The molecular weight excluding hydrogens is 260 g/mol. The first kappa shape index (κ1) is 10.3. The van der Waals surface area contributed by atoms with Crippen molar-refractivity contribution in [2.45, 2.75) is 13.5 Å². The van der Waals surface area contributed by atoms with Crippen LogP contribution in [0.4, 0.5) is 0 Å². The van der Waals surface area contributed by atoms with Crippen LogP contribution >= 0.6 is 15.9 Å². The SMILES string of the molecule is CC(=O)c1cc(Br)cc2nc(CN)oc12. The van der Waals surface area contributed by atoms with Crippen LogP contribution in [0.25, 0.3) is 11.1 Å². The number of carbonyl (C=O) groups excluding carboxylic acids is 1. The number of fused-ring (bicyclic) bond motifs is 1. The van der Waals surface area contributed by atoms with Gasteiger partial charge in [-0.25, -0.2) is 4.98 Å². The zero-order chi connectivity index (χ0) is 11.0. The van der Waals surface area contributed by atoms with Gasteiger partial charge in [0.1, 0.15) is 5.52 Å². The molecule has 1 heterocycles. The van der Waals surface area contributed by atoms with E-state index in [0.717, 1.165) is 4.47 Å². The van der Waals surface area contributed by atoms with Crippen LogP contribution in [0.5, 0.6) is 0 Å². The fourth-order valence-electron chi connectivity index (χ4n) is 1.39. The summed E-state index contributed by atoms with van der Waals surface area (Å²) in [5.41, 5.74) is 7.10. The van der Waals surface area contributed by atoms with E-state index in [-0.39, 0.29) is 12.3 Å². The first-order valence-corrected chi connectivity index (χ1v) is 5.21. The lowest BCUT2D eigenvalue weighted by Gasteiger charge is -1.97. The summed E-state index contributed by atoms with van der Waals surface area (Å²) in [6, 6.07) is 3.51. The average Bonchev–Trinajstić information content (AvgIpc) is 2.58. The number of carbonyl (C=O) groups is 1. The number of nitrogens with zero attached hydrogens (tertiary/aromatic N) is 1. The van der Waals surface area contributed by atoms with Gasteiger partial charge in [0.25, 0.3) is 0 Å². The second-order valence-corrected chi connectivity index (χ2v) is 4.09. The van der Waals surface area contributed by atoms with Crippen LogP contribution in [0.2, 0.25) is 0 Å². The Morgan fingerprint density at radius 1 is 1.60 bits per heavy atom. The molecule has 4 nitrogen and oxygen atoms in total. The maximum Gasteiger partial charge on any atom is 0.209 e. The lowest BCUT2D eigenvalue weighted by Crippen LogP contribution is -1.95. The van der Waals surface area contributed by atoms with E-state index in [0.29, 0.717) is 22.6 Å². The molecule has 2 N–H and O–H groups in total. The Labute approximate surface area is 94.6 Å². The predicted octanol–water partition coefficient (Wildman–Crippen LogP) is 2.25. The Morgan fingerprint density at radius 2 is 2.33 bits per heavy atom. The molecule has 0 unspecified atom stereocenters. The molecule has 1 aromatic carbocycles. The van der Waals surface area contributed by atoms with Crippen molar-refractivity contribution < 1.29 is 9.21 Å². The van der Waals surface area contributed by atoms with Gasteiger partial charge < -0.3 is 10.2 Å². The van der Waals surface area contributed by atoms with E-state index < -0.39 is 0 Å². The van der Waals surface area contributed by atoms with Crippen molar-refractivity contribution in [3.8, 4) is 0 Å². The lowest BCUT2D eigenvalue weighted by molar-refractivity contribution is 0.101. The molecule has 15 heavy (non-hydrogen) atoms. The molecule has 0 bridgehead atoms. The van der Waals surface area contributed by atoms with E-state index in [1.54, 1.807) is 12.1 Å². The standard InChI is InChI=1S/C10H9BrN2O2/c1-5(14)7-2-6(11)3-8-10(7)15-9(4-12)13-8/h2-3H,4,12H2,1H3. The largest absolute Gasteiger partial charge is 0.439 e. The third kappa shape index (κ3) is 1.80. The highest BCUT2D eigenvalue weighted by atomic mass is 79.9. The average molecular weight is 269 g/mol. The van der Waals surface area contributed by atoms with Crippen LogP contribution in [-0.4, -0.2) is 10.8 Å². The van der Waals surface area contributed by atoms with Crippen LogP contribution in [0.1, 0.15) is 23.2 Å². The Bertz CT molecular complexity index is 533. The Balaban J connectivity index is 2.77. The minimum atomic E-state index is -0.0546. The molecule has 0 spiro atoms. The Hall–Kier alpha value is -1.20. The monoisotopic (exact) mass is 268 g/mol. The second kappa shape index (κ2) is 3.75. The number of benzene rings is 1. The molecule has 1 aromatic heterocycles. The number of Topliss-reactive ketones (excluding diaryl/α,β-unsaturated/α-hetero) is 1. The van der Waals surface area contributed by atoms with Crippen molar-refractivity contribution in [2.75, 3.05) is 0 Å². The van der Waals surface area contributed by atoms with Gasteiger partial charge in [-0.15, -0.1) is 0 Å². The summed E-state index contributed by atoms with van der Waals surface area (Å²) in [6.07, 6.45) is 0. The maximum atomic E-state index is 11.4. The number of rotatable bonds is 2. The van der Waals surface area contributed by atoms with Crippen molar-refractivity contribution in [3.63, 3.8) is 0 Å². The van der Waals surface area contributed by atoms with E-state index >= 15 is 0 Å². The van der Waals surface area contributed by atoms with Crippen LogP contribution in [0.15, 0.2) is 21.0 Å². The minimum Gasteiger partial charge on any atom is -0.439 e. The maximum absolute atomic E-state index is 11.4. The number of hydrogen-bond acceptors (Lipinski definition) is 4. The molecular formula is C10H9BrN2O2. The zero-order valence-corrected chi connectivity index (χ0v) is 9.67. The number of hydrogen-bond donors (Lipinski definition) is 1. The van der Waals surface area contributed by atoms with E-state index in [4.69, 9.17) is 10.2 Å². The molecule has 0 saturated heterocycles. The van der Waals surface area contributed by atoms with Crippen molar-refractivity contribution in [2.24, 2.45) is 5.73 Å². The molecule has 0 aliphatic heterocycles. The van der Waals surface area contributed by atoms with Gasteiger partial charge in [-0.05, 0) is 19.1 Å². The summed E-state index contributed by atoms with van der Waals surface area (Å²) in [5.74, 6) is 0.381. The van der Waals surface area contributed by atoms with Crippen LogP contribution in [0, 0.1) is 0 Å². The van der Waals surface area contributed by atoms with Crippen molar-refractivity contribution >= 4 is 32.8 Å². The number of oxazole rings is 1. The van der Waals surface area contributed by atoms with Gasteiger partial charge in [0.05, 0.1) is 12.1 Å². The normalized spacial score (nSPS) is 10.9. The molecule has 78 valence electrons. The first-order chi connectivity index (χ1) is 7.11. The lowest BCUT2D eigenvalue weighted by atomic mass is 10.1. The molecule has 0 aliphatic rings. The molecule has 0 amide bonds. The van der Waals surface area contributed by atoms with Crippen LogP contribution < -0.4 is 5.73 Å². The van der Waals surface area contributed by atoms with Gasteiger partial charge in [0.2, 0.25) is 5.89 Å². The fraction of sp³-hybridized carbons (Fsp3) is 0.200. The Morgan fingerprint density at radius 3 is 2.93 bits per heavy atom. The Kier molecular flexibility index (Phi) is 2.58. The van der Waals surface area contributed by atoms with Gasteiger partial charge >= 0.3 is 0 Å². The van der Waals surface area contributed by atoms with E-state index in [1.165, 1.54) is 6.92 Å². The summed E-state index contributed by atoms with van der Waals surface area (Å²) >= 11 is 3.32. The quantitative estimate of drug-likeness (QED) is 0.849. The number of ketones is 1. The minimum absolute atomic E-state index is 0.0546. The molecule has 0 fully saturated rings. The summed E-state index contributed by atoms with van der Waals surface area (Å²) in [5, 5.41) is 0.